The van der Waals surface area contributed by atoms with Crippen LogP contribution >= 0.6 is 11.6 Å². The van der Waals surface area contributed by atoms with E-state index in [9.17, 15) is 4.79 Å². The van der Waals surface area contributed by atoms with Crippen LogP contribution in [0.25, 0.3) is 0 Å². The van der Waals surface area contributed by atoms with Crippen LogP contribution in [0.1, 0.15) is 29.6 Å². The highest BCUT2D eigenvalue weighted by molar-refractivity contribution is 6.32. The van der Waals surface area contributed by atoms with Crippen LogP contribution in [-0.4, -0.2) is 54.0 Å². The fourth-order valence-corrected chi connectivity index (χ4v) is 3.32. The molecule has 110 valence electrons. The van der Waals surface area contributed by atoms with E-state index in [1.54, 1.807) is 6.07 Å². The minimum Gasteiger partial charge on any atom is -0.452 e. The molecule has 20 heavy (non-hydrogen) atoms. The fraction of sp³-hybridized carbons (Fsp3) is 0.643. The lowest BCUT2D eigenvalue weighted by atomic mass is 10.0. The van der Waals surface area contributed by atoms with Gasteiger partial charge in [-0.15, -0.1) is 0 Å². The zero-order chi connectivity index (χ0) is 14.1. The quantitative estimate of drug-likeness (QED) is 0.900. The molecule has 5 nitrogen and oxygen atoms in total. The molecule has 1 atom stereocenters. The number of carbonyl (C=O) groups excluding carboxylic acids is 1. The number of hydrogen-bond acceptors (Lipinski definition) is 4. The average Bonchev–Trinajstić information content (AvgIpc) is 3.08. The van der Waals surface area contributed by atoms with Crippen LogP contribution in [0.15, 0.2) is 16.7 Å². The first kappa shape index (κ1) is 13.9. The van der Waals surface area contributed by atoms with Gasteiger partial charge in [0.25, 0.3) is 5.91 Å². The maximum absolute atomic E-state index is 12.4. The highest BCUT2D eigenvalue weighted by Gasteiger charge is 2.33. The summed E-state index contributed by atoms with van der Waals surface area (Å²) >= 11 is 5.88. The van der Waals surface area contributed by atoms with Crippen molar-refractivity contribution >= 4 is 17.5 Å². The van der Waals surface area contributed by atoms with Crippen LogP contribution < -0.4 is 5.73 Å². The maximum atomic E-state index is 12.4. The van der Waals surface area contributed by atoms with Gasteiger partial charge in [0.15, 0.2) is 0 Å². The minimum atomic E-state index is -0.0278. The molecule has 2 aliphatic rings. The lowest BCUT2D eigenvalue weighted by Crippen LogP contribution is -2.46. The van der Waals surface area contributed by atoms with Gasteiger partial charge in [-0.3, -0.25) is 9.69 Å². The van der Waals surface area contributed by atoms with E-state index in [-0.39, 0.29) is 11.1 Å². The number of nitrogens with two attached hydrogens (primary N) is 1. The molecule has 2 N–H and O–H groups in total. The third-order valence-electron chi connectivity index (χ3n) is 4.39. The van der Waals surface area contributed by atoms with Gasteiger partial charge in [0, 0.05) is 25.2 Å². The van der Waals surface area contributed by atoms with Gasteiger partial charge in [-0.1, -0.05) is 0 Å². The number of rotatable bonds is 2. The van der Waals surface area contributed by atoms with Crippen molar-refractivity contribution in [1.82, 2.24) is 9.80 Å². The van der Waals surface area contributed by atoms with Gasteiger partial charge in [0.05, 0.1) is 11.8 Å². The van der Waals surface area contributed by atoms with E-state index in [1.807, 2.05) is 4.90 Å². The molecule has 0 spiro atoms. The Balaban J connectivity index is 1.59. The molecular formula is C14H20ClN3O2. The van der Waals surface area contributed by atoms with E-state index in [1.165, 1.54) is 6.26 Å². The van der Waals surface area contributed by atoms with Crippen molar-refractivity contribution in [3.63, 3.8) is 0 Å². The Morgan fingerprint density at radius 2 is 2.05 bits per heavy atom. The van der Waals surface area contributed by atoms with E-state index < -0.39 is 0 Å². The third-order valence-corrected chi connectivity index (χ3v) is 4.68. The van der Waals surface area contributed by atoms with Gasteiger partial charge in [-0.2, -0.15) is 0 Å². The molecule has 1 amide bonds. The van der Waals surface area contributed by atoms with Gasteiger partial charge in [0.2, 0.25) is 5.22 Å². The molecule has 1 aromatic heterocycles. The summed E-state index contributed by atoms with van der Waals surface area (Å²) in [5.41, 5.74) is 6.40. The second-order valence-corrected chi connectivity index (χ2v) is 6.02. The predicted molar refractivity (Wildman–Crippen MR) is 76.8 cm³/mol. The summed E-state index contributed by atoms with van der Waals surface area (Å²) in [5.74, 6) is -0.0278. The first-order valence-electron chi connectivity index (χ1n) is 7.17. The SMILES string of the molecule is NC1CCN(C2CCN(C(=O)c3ccoc3Cl)C2)CC1. The number of amides is 1. The van der Waals surface area contributed by atoms with Crippen LogP contribution in [-0.2, 0) is 0 Å². The van der Waals surface area contributed by atoms with Crippen molar-refractivity contribution in [1.29, 1.82) is 0 Å². The lowest BCUT2D eigenvalue weighted by molar-refractivity contribution is 0.0769. The molecule has 1 unspecified atom stereocenters. The van der Waals surface area contributed by atoms with E-state index in [0.717, 1.165) is 45.4 Å². The maximum Gasteiger partial charge on any atom is 0.258 e. The molecular weight excluding hydrogens is 278 g/mol. The molecule has 0 radical (unpaired) electrons. The fourth-order valence-electron chi connectivity index (χ4n) is 3.13. The van der Waals surface area contributed by atoms with Crippen molar-refractivity contribution in [2.75, 3.05) is 26.2 Å². The van der Waals surface area contributed by atoms with Crippen LogP contribution in [0.4, 0.5) is 0 Å². The number of nitrogens with zero attached hydrogens (tertiary/aromatic N) is 2. The van der Waals surface area contributed by atoms with Gasteiger partial charge in [-0.25, -0.2) is 0 Å². The number of hydrogen-bond donors (Lipinski definition) is 1. The van der Waals surface area contributed by atoms with Crippen molar-refractivity contribution in [2.24, 2.45) is 5.73 Å². The summed E-state index contributed by atoms with van der Waals surface area (Å²) in [6, 6.07) is 2.44. The van der Waals surface area contributed by atoms with Gasteiger partial charge in [-0.05, 0) is 50.0 Å². The molecule has 3 heterocycles. The van der Waals surface area contributed by atoms with Crippen molar-refractivity contribution in [2.45, 2.75) is 31.3 Å². The van der Waals surface area contributed by atoms with Gasteiger partial charge < -0.3 is 15.1 Å². The number of halogens is 1. The summed E-state index contributed by atoms with van der Waals surface area (Å²) < 4.78 is 4.99. The zero-order valence-electron chi connectivity index (χ0n) is 11.4. The summed E-state index contributed by atoms with van der Waals surface area (Å²) in [6.07, 6.45) is 4.58. The van der Waals surface area contributed by atoms with E-state index in [4.69, 9.17) is 21.8 Å². The second-order valence-electron chi connectivity index (χ2n) is 5.68. The molecule has 2 saturated heterocycles. The van der Waals surface area contributed by atoms with Crippen molar-refractivity contribution in [3.8, 4) is 0 Å². The molecule has 0 aromatic carbocycles. The molecule has 2 fully saturated rings. The molecule has 0 bridgehead atoms. The van der Waals surface area contributed by atoms with E-state index >= 15 is 0 Å². The zero-order valence-corrected chi connectivity index (χ0v) is 12.2. The second kappa shape index (κ2) is 5.76. The number of carbonyl (C=O) groups is 1. The Labute approximate surface area is 123 Å². The topological polar surface area (TPSA) is 62.7 Å². The van der Waals surface area contributed by atoms with E-state index in [2.05, 4.69) is 4.90 Å². The van der Waals surface area contributed by atoms with Crippen LogP contribution in [0.3, 0.4) is 0 Å². The number of likely N-dealkylation sites (tertiary alicyclic amines) is 2. The molecule has 3 rings (SSSR count). The summed E-state index contributed by atoms with van der Waals surface area (Å²) in [4.78, 5) is 16.7. The number of piperidine rings is 1. The lowest BCUT2D eigenvalue weighted by Gasteiger charge is -2.34. The largest absolute Gasteiger partial charge is 0.452 e. The van der Waals surface area contributed by atoms with E-state index in [0.29, 0.717) is 17.6 Å². The van der Waals surface area contributed by atoms with Crippen LogP contribution in [0.2, 0.25) is 5.22 Å². The minimum absolute atomic E-state index is 0.0278. The van der Waals surface area contributed by atoms with Gasteiger partial charge in [0.1, 0.15) is 0 Å². The van der Waals surface area contributed by atoms with Crippen molar-refractivity contribution in [3.05, 3.63) is 23.1 Å². The Morgan fingerprint density at radius 1 is 1.30 bits per heavy atom. The Kier molecular flexibility index (Phi) is 4.01. The summed E-state index contributed by atoms with van der Waals surface area (Å²) in [5, 5.41) is 0.183. The van der Waals surface area contributed by atoms with Crippen LogP contribution in [0.5, 0.6) is 0 Å². The van der Waals surface area contributed by atoms with Crippen LogP contribution in [0, 0.1) is 0 Å². The van der Waals surface area contributed by atoms with Gasteiger partial charge >= 0.3 is 0 Å². The third kappa shape index (κ3) is 2.71. The molecule has 0 aliphatic carbocycles. The smallest absolute Gasteiger partial charge is 0.258 e. The van der Waals surface area contributed by atoms with Crippen molar-refractivity contribution < 1.29 is 9.21 Å². The first-order valence-corrected chi connectivity index (χ1v) is 7.55. The molecule has 6 heteroatoms. The highest BCUT2D eigenvalue weighted by Crippen LogP contribution is 2.24. The first-order chi connectivity index (χ1) is 9.65. The summed E-state index contributed by atoms with van der Waals surface area (Å²) in [6.45, 7) is 3.64. The molecule has 2 aliphatic heterocycles. The monoisotopic (exact) mass is 297 g/mol. The summed E-state index contributed by atoms with van der Waals surface area (Å²) in [7, 11) is 0. The Hall–Kier alpha value is -1.04. The highest BCUT2D eigenvalue weighted by atomic mass is 35.5. The Morgan fingerprint density at radius 3 is 2.70 bits per heavy atom. The Bertz CT molecular complexity index is 483. The normalized spacial score (nSPS) is 25.3. The molecule has 1 aromatic rings. The molecule has 0 saturated carbocycles. The average molecular weight is 298 g/mol. The predicted octanol–water partition coefficient (Wildman–Crippen LogP) is 1.57. The number of furan rings is 1. The standard InChI is InChI=1S/C14H20ClN3O2/c15-13-12(4-8-20-13)14(19)18-7-3-11(9-18)17-5-1-10(16)2-6-17/h4,8,10-11H,1-3,5-7,9,16H2.